The molecule has 5 heteroatoms. The fourth-order valence-electron chi connectivity index (χ4n) is 2.59. The molecular formula is C16H23FN2O2. The van der Waals surface area contributed by atoms with Crippen LogP contribution in [-0.2, 0) is 4.79 Å². The lowest BCUT2D eigenvalue weighted by atomic mass is 10.0. The van der Waals surface area contributed by atoms with Crippen LogP contribution in [0.5, 0.6) is 5.75 Å². The third kappa shape index (κ3) is 5.01. The first-order chi connectivity index (χ1) is 10.2. The molecule has 4 nitrogen and oxygen atoms in total. The van der Waals surface area contributed by atoms with Crippen molar-refractivity contribution in [1.82, 2.24) is 10.2 Å². The highest BCUT2D eigenvalue weighted by Crippen LogP contribution is 2.15. The summed E-state index contributed by atoms with van der Waals surface area (Å²) in [5.41, 5.74) is 0. The van der Waals surface area contributed by atoms with Crippen molar-refractivity contribution in [2.24, 2.45) is 0 Å². The van der Waals surface area contributed by atoms with Crippen molar-refractivity contribution in [1.29, 1.82) is 0 Å². The molecule has 1 N–H and O–H groups in total. The molecule has 1 fully saturated rings. The van der Waals surface area contributed by atoms with Gasteiger partial charge in [-0.1, -0.05) is 19.1 Å². The Hall–Kier alpha value is -1.62. The summed E-state index contributed by atoms with van der Waals surface area (Å²) in [5.74, 6) is -0.518. The molecule has 1 aromatic rings. The van der Waals surface area contributed by atoms with Crippen molar-refractivity contribution >= 4 is 5.91 Å². The molecule has 2 rings (SSSR count). The van der Waals surface area contributed by atoms with Gasteiger partial charge >= 0.3 is 0 Å². The summed E-state index contributed by atoms with van der Waals surface area (Å²) in [7, 11) is 0. The summed E-state index contributed by atoms with van der Waals surface area (Å²) in [4.78, 5) is 14.2. The van der Waals surface area contributed by atoms with Crippen LogP contribution in [0.15, 0.2) is 24.3 Å². The number of carbonyl (C=O) groups excluding carboxylic acids is 1. The van der Waals surface area contributed by atoms with E-state index in [4.69, 9.17) is 4.74 Å². The fraction of sp³-hybridized carbons (Fsp3) is 0.562. The number of nitrogens with zero attached hydrogens (tertiary/aromatic N) is 1. The van der Waals surface area contributed by atoms with Crippen LogP contribution in [0.25, 0.3) is 0 Å². The van der Waals surface area contributed by atoms with Gasteiger partial charge in [-0.2, -0.15) is 0 Å². The Morgan fingerprint density at radius 3 is 2.76 bits per heavy atom. The predicted molar refractivity (Wildman–Crippen MR) is 79.8 cm³/mol. The largest absolute Gasteiger partial charge is 0.481 e. The van der Waals surface area contributed by atoms with Crippen molar-refractivity contribution in [3.8, 4) is 5.75 Å². The first-order valence-corrected chi connectivity index (χ1v) is 7.58. The molecule has 0 saturated carbocycles. The highest BCUT2D eigenvalue weighted by Gasteiger charge is 2.20. The van der Waals surface area contributed by atoms with E-state index >= 15 is 0 Å². The summed E-state index contributed by atoms with van der Waals surface area (Å²) in [6, 6.07) is 6.31. The maximum atomic E-state index is 13.4. The third-order valence-electron chi connectivity index (χ3n) is 3.69. The number of piperidine rings is 1. The van der Waals surface area contributed by atoms with Gasteiger partial charge in [-0.3, -0.25) is 4.79 Å². The van der Waals surface area contributed by atoms with Crippen LogP contribution in [0.1, 0.15) is 26.2 Å². The molecule has 1 heterocycles. The smallest absolute Gasteiger partial charge is 0.258 e. The van der Waals surface area contributed by atoms with Gasteiger partial charge in [0.05, 0.1) is 0 Å². The second-order valence-corrected chi connectivity index (χ2v) is 5.40. The van der Waals surface area contributed by atoms with E-state index in [-0.39, 0.29) is 24.3 Å². The number of nitrogens with one attached hydrogen (secondary N) is 1. The van der Waals surface area contributed by atoms with Crippen LogP contribution >= 0.6 is 0 Å². The van der Waals surface area contributed by atoms with E-state index in [2.05, 4.69) is 17.1 Å². The average molecular weight is 294 g/mol. The molecule has 0 radical (unpaired) electrons. The first kappa shape index (κ1) is 15.8. The van der Waals surface area contributed by atoms with E-state index in [1.165, 1.54) is 12.1 Å². The molecule has 1 aromatic carbocycles. The zero-order valence-electron chi connectivity index (χ0n) is 12.5. The van der Waals surface area contributed by atoms with Crippen molar-refractivity contribution in [2.45, 2.75) is 32.2 Å². The molecule has 0 atom stereocenters. The summed E-state index contributed by atoms with van der Waals surface area (Å²) in [5, 5.41) is 2.96. The van der Waals surface area contributed by atoms with E-state index < -0.39 is 5.82 Å². The predicted octanol–water partition coefficient (Wildman–Crippen LogP) is 2.20. The SMILES string of the molecule is CCCN1CCC(NC(=O)COc2ccccc2F)CC1. The quantitative estimate of drug-likeness (QED) is 0.874. The van der Waals surface area contributed by atoms with Crippen molar-refractivity contribution < 1.29 is 13.9 Å². The van der Waals surface area contributed by atoms with E-state index in [1.807, 2.05) is 0 Å². The molecule has 1 aliphatic heterocycles. The Morgan fingerprint density at radius 1 is 1.38 bits per heavy atom. The molecule has 0 unspecified atom stereocenters. The van der Waals surface area contributed by atoms with E-state index in [0.29, 0.717) is 0 Å². The Morgan fingerprint density at radius 2 is 2.10 bits per heavy atom. The number of hydrogen-bond donors (Lipinski definition) is 1. The van der Waals surface area contributed by atoms with Crippen LogP contribution < -0.4 is 10.1 Å². The van der Waals surface area contributed by atoms with Gasteiger partial charge < -0.3 is 15.0 Å². The maximum absolute atomic E-state index is 13.4. The standard InChI is InChI=1S/C16H23FN2O2/c1-2-9-19-10-7-13(8-11-19)18-16(20)12-21-15-6-4-3-5-14(15)17/h3-6,13H,2,7-12H2,1H3,(H,18,20). The number of amides is 1. The molecule has 0 aliphatic carbocycles. The van der Waals surface area contributed by atoms with Gasteiger partial charge in [-0.05, 0) is 37.9 Å². The topological polar surface area (TPSA) is 41.6 Å². The maximum Gasteiger partial charge on any atom is 0.258 e. The monoisotopic (exact) mass is 294 g/mol. The Kier molecular flexibility index (Phi) is 5.99. The van der Waals surface area contributed by atoms with Crippen molar-refractivity contribution in [3.05, 3.63) is 30.1 Å². The second-order valence-electron chi connectivity index (χ2n) is 5.40. The molecule has 0 bridgehead atoms. The number of para-hydroxylation sites is 1. The number of hydrogen-bond acceptors (Lipinski definition) is 3. The molecule has 1 saturated heterocycles. The normalized spacial score (nSPS) is 16.7. The molecule has 1 aliphatic rings. The third-order valence-corrected chi connectivity index (χ3v) is 3.69. The average Bonchev–Trinajstić information content (AvgIpc) is 2.49. The van der Waals surface area contributed by atoms with Gasteiger partial charge in [0.15, 0.2) is 18.2 Å². The van der Waals surface area contributed by atoms with Gasteiger partial charge in [-0.15, -0.1) is 0 Å². The van der Waals surface area contributed by atoms with Gasteiger partial charge in [0.25, 0.3) is 5.91 Å². The molecule has 21 heavy (non-hydrogen) atoms. The second kappa shape index (κ2) is 7.98. The van der Waals surface area contributed by atoms with Crippen LogP contribution in [0.2, 0.25) is 0 Å². The van der Waals surface area contributed by atoms with Gasteiger partial charge in [0.2, 0.25) is 0 Å². The summed E-state index contributed by atoms with van der Waals surface area (Å²) in [6.45, 7) is 5.20. The van der Waals surface area contributed by atoms with Gasteiger partial charge in [0.1, 0.15) is 0 Å². The molecule has 0 spiro atoms. The Labute approximate surface area is 125 Å². The van der Waals surface area contributed by atoms with Gasteiger partial charge in [-0.25, -0.2) is 4.39 Å². The molecule has 1 amide bonds. The Bertz CT molecular complexity index is 459. The number of benzene rings is 1. The summed E-state index contributed by atoms with van der Waals surface area (Å²) in [6.07, 6.45) is 3.09. The van der Waals surface area contributed by atoms with Crippen molar-refractivity contribution in [3.63, 3.8) is 0 Å². The first-order valence-electron chi connectivity index (χ1n) is 7.58. The minimum atomic E-state index is -0.446. The van der Waals surface area contributed by atoms with E-state index in [0.717, 1.165) is 38.9 Å². The zero-order valence-corrected chi connectivity index (χ0v) is 12.5. The van der Waals surface area contributed by atoms with Crippen LogP contribution in [0.3, 0.4) is 0 Å². The molecular weight excluding hydrogens is 271 g/mol. The molecule has 0 aromatic heterocycles. The Balaban J connectivity index is 1.70. The van der Waals surface area contributed by atoms with Crippen molar-refractivity contribution in [2.75, 3.05) is 26.2 Å². The minimum absolute atomic E-state index is 0.116. The minimum Gasteiger partial charge on any atom is -0.481 e. The number of ether oxygens (including phenoxy) is 1. The number of likely N-dealkylation sites (tertiary alicyclic amines) is 1. The number of rotatable bonds is 6. The summed E-state index contributed by atoms with van der Waals surface area (Å²) < 4.78 is 18.6. The number of carbonyl (C=O) groups is 1. The zero-order chi connectivity index (χ0) is 15.1. The highest BCUT2D eigenvalue weighted by molar-refractivity contribution is 5.77. The van der Waals surface area contributed by atoms with Crippen LogP contribution in [0.4, 0.5) is 4.39 Å². The molecule has 116 valence electrons. The van der Waals surface area contributed by atoms with Gasteiger partial charge in [0, 0.05) is 19.1 Å². The lowest BCUT2D eigenvalue weighted by Gasteiger charge is -2.32. The van der Waals surface area contributed by atoms with E-state index in [1.54, 1.807) is 12.1 Å². The summed E-state index contributed by atoms with van der Waals surface area (Å²) >= 11 is 0. The van der Waals surface area contributed by atoms with E-state index in [9.17, 15) is 9.18 Å². The van der Waals surface area contributed by atoms with Crippen LogP contribution in [-0.4, -0.2) is 43.1 Å². The highest BCUT2D eigenvalue weighted by atomic mass is 19.1. The van der Waals surface area contributed by atoms with Crippen LogP contribution in [0, 0.1) is 5.82 Å². The lowest BCUT2D eigenvalue weighted by molar-refractivity contribution is -0.124. The number of halogens is 1. The fourth-order valence-corrected chi connectivity index (χ4v) is 2.59. The lowest BCUT2D eigenvalue weighted by Crippen LogP contribution is -2.46.